The summed E-state index contributed by atoms with van der Waals surface area (Å²) in [4.78, 5) is 4.04. The summed E-state index contributed by atoms with van der Waals surface area (Å²) in [5.41, 5.74) is 4.06. The summed E-state index contributed by atoms with van der Waals surface area (Å²) in [5, 5.41) is 8.99. The molecule has 0 radical (unpaired) electrons. The topological polar surface area (TPSA) is 43.1 Å². The Hall–Kier alpha value is -2.46. The summed E-state index contributed by atoms with van der Waals surface area (Å²) < 4.78 is 2.00. The van der Waals surface area contributed by atoms with Crippen molar-refractivity contribution in [2.45, 2.75) is 13.5 Å². The molecule has 0 aliphatic carbocycles. The molecule has 0 saturated heterocycles. The summed E-state index contributed by atoms with van der Waals surface area (Å²) in [6.07, 6.45) is 1.73. The van der Waals surface area contributed by atoms with Crippen molar-refractivity contribution < 1.29 is 0 Å². The molecule has 0 unspecified atom stereocenters. The number of benzene rings is 2. The van der Waals surface area contributed by atoms with Gasteiger partial charge in [0.25, 0.3) is 0 Å². The van der Waals surface area contributed by atoms with Gasteiger partial charge in [-0.2, -0.15) is 0 Å². The Morgan fingerprint density at radius 3 is 2.68 bits per heavy atom. The van der Waals surface area contributed by atoms with Crippen molar-refractivity contribution in [3.05, 3.63) is 64.9 Å². The maximum absolute atomic E-state index is 5.92. The molecular formula is C17H15ClN4. The molecule has 0 atom stereocenters. The summed E-state index contributed by atoms with van der Waals surface area (Å²) in [6, 6.07) is 13.8. The van der Waals surface area contributed by atoms with Gasteiger partial charge in [0, 0.05) is 10.6 Å². The first kappa shape index (κ1) is 14.5. The molecule has 0 aliphatic heterocycles. The molecule has 0 fully saturated rings. The maximum Gasteiger partial charge on any atom is 0.164 e. The predicted molar refractivity (Wildman–Crippen MR) is 90.0 cm³/mol. The van der Waals surface area contributed by atoms with E-state index in [0.29, 0.717) is 6.54 Å². The van der Waals surface area contributed by atoms with Crippen LogP contribution in [0.4, 0.5) is 5.69 Å². The lowest BCUT2D eigenvalue weighted by Gasteiger charge is -2.08. The van der Waals surface area contributed by atoms with Crippen molar-refractivity contribution in [3.8, 4) is 11.4 Å². The van der Waals surface area contributed by atoms with Crippen molar-refractivity contribution >= 4 is 24.0 Å². The molecule has 0 bridgehead atoms. The second-order valence-corrected chi connectivity index (χ2v) is 5.50. The largest absolute Gasteiger partial charge is 0.309 e. The van der Waals surface area contributed by atoms with Crippen LogP contribution in [-0.4, -0.2) is 21.5 Å². The molecule has 22 heavy (non-hydrogen) atoms. The zero-order chi connectivity index (χ0) is 15.5. The minimum atomic E-state index is 0.685. The fraction of sp³-hybridized carbons (Fsp3) is 0.118. The minimum absolute atomic E-state index is 0.685. The van der Waals surface area contributed by atoms with Gasteiger partial charge in [-0.25, -0.2) is 0 Å². The Bertz CT molecular complexity index is 806. The Labute approximate surface area is 134 Å². The second-order valence-electron chi connectivity index (χ2n) is 5.07. The Balaban J connectivity index is 1.95. The number of halogens is 1. The highest BCUT2D eigenvalue weighted by atomic mass is 35.5. The molecule has 1 heterocycles. The minimum Gasteiger partial charge on any atom is -0.309 e. The van der Waals surface area contributed by atoms with E-state index in [-0.39, 0.29) is 0 Å². The lowest BCUT2D eigenvalue weighted by atomic mass is 10.1. The number of rotatable bonds is 4. The predicted octanol–water partition coefficient (Wildman–Crippen LogP) is 4.29. The van der Waals surface area contributed by atoms with Gasteiger partial charge < -0.3 is 4.57 Å². The van der Waals surface area contributed by atoms with Gasteiger partial charge in [0.1, 0.15) is 6.33 Å². The van der Waals surface area contributed by atoms with Crippen molar-refractivity contribution in [1.29, 1.82) is 0 Å². The summed E-state index contributed by atoms with van der Waals surface area (Å²) in [6.45, 7) is 6.30. The van der Waals surface area contributed by atoms with Gasteiger partial charge in [0.15, 0.2) is 5.82 Å². The SMILES string of the molecule is C=Nc1cc(-c2nncn2Cc2ccc(Cl)cc2)ccc1C. The van der Waals surface area contributed by atoms with Crippen molar-refractivity contribution in [2.75, 3.05) is 0 Å². The van der Waals surface area contributed by atoms with Crippen LogP contribution in [0.5, 0.6) is 0 Å². The lowest BCUT2D eigenvalue weighted by molar-refractivity contribution is 0.803. The van der Waals surface area contributed by atoms with Crippen LogP contribution in [-0.2, 0) is 6.54 Å². The number of aromatic nitrogens is 3. The molecular weight excluding hydrogens is 296 g/mol. The van der Waals surface area contributed by atoms with Crippen LogP contribution >= 0.6 is 11.6 Å². The van der Waals surface area contributed by atoms with Crippen molar-refractivity contribution in [1.82, 2.24) is 14.8 Å². The Morgan fingerprint density at radius 2 is 1.95 bits per heavy atom. The zero-order valence-corrected chi connectivity index (χ0v) is 13.0. The first-order valence-electron chi connectivity index (χ1n) is 6.87. The number of hydrogen-bond donors (Lipinski definition) is 0. The standard InChI is InChI=1S/C17H15ClN4/c1-12-3-6-14(9-16(12)19-2)17-21-20-11-22(17)10-13-4-7-15(18)8-5-13/h3-9,11H,2,10H2,1H3. The number of nitrogens with zero attached hydrogens (tertiary/aromatic N) is 4. The fourth-order valence-corrected chi connectivity index (χ4v) is 2.43. The number of aliphatic imine (C=N–C) groups is 1. The van der Waals surface area contributed by atoms with E-state index in [4.69, 9.17) is 11.6 Å². The molecule has 0 saturated carbocycles. The zero-order valence-electron chi connectivity index (χ0n) is 12.2. The Kier molecular flexibility index (Phi) is 4.02. The van der Waals surface area contributed by atoms with E-state index in [2.05, 4.69) is 21.9 Å². The highest BCUT2D eigenvalue weighted by Crippen LogP contribution is 2.26. The summed E-state index contributed by atoms with van der Waals surface area (Å²) in [5.74, 6) is 0.805. The number of hydrogen-bond acceptors (Lipinski definition) is 3. The van der Waals surface area contributed by atoms with Crippen molar-refractivity contribution in [3.63, 3.8) is 0 Å². The molecule has 0 spiro atoms. The van der Waals surface area contributed by atoms with Crippen molar-refractivity contribution in [2.24, 2.45) is 4.99 Å². The van der Waals surface area contributed by atoms with E-state index in [0.717, 1.165) is 33.2 Å². The molecule has 3 aromatic rings. The van der Waals surface area contributed by atoms with E-state index in [1.165, 1.54) is 0 Å². The maximum atomic E-state index is 5.92. The lowest BCUT2D eigenvalue weighted by Crippen LogP contribution is -2.01. The summed E-state index contributed by atoms with van der Waals surface area (Å²) >= 11 is 5.92. The highest BCUT2D eigenvalue weighted by Gasteiger charge is 2.09. The molecule has 2 aromatic carbocycles. The smallest absolute Gasteiger partial charge is 0.164 e. The van der Waals surface area contributed by atoms with Crippen LogP contribution in [0.1, 0.15) is 11.1 Å². The van der Waals surface area contributed by atoms with Crippen LogP contribution in [0.3, 0.4) is 0 Å². The molecule has 0 N–H and O–H groups in total. The van der Waals surface area contributed by atoms with E-state index in [1.807, 2.05) is 54.0 Å². The first-order chi connectivity index (χ1) is 10.7. The van der Waals surface area contributed by atoms with Crippen LogP contribution in [0.25, 0.3) is 11.4 Å². The van der Waals surface area contributed by atoms with Crippen LogP contribution in [0.2, 0.25) is 5.02 Å². The molecule has 0 aliphatic rings. The van der Waals surface area contributed by atoms with E-state index in [1.54, 1.807) is 6.33 Å². The average molecular weight is 311 g/mol. The highest BCUT2D eigenvalue weighted by molar-refractivity contribution is 6.30. The third-order valence-corrected chi connectivity index (χ3v) is 3.77. The van der Waals surface area contributed by atoms with Gasteiger partial charge >= 0.3 is 0 Å². The molecule has 5 heteroatoms. The van der Waals surface area contributed by atoms with Gasteiger partial charge in [0.05, 0.1) is 12.2 Å². The van der Waals surface area contributed by atoms with Crippen LogP contribution in [0.15, 0.2) is 53.8 Å². The third kappa shape index (κ3) is 2.92. The molecule has 0 amide bonds. The van der Waals surface area contributed by atoms with Gasteiger partial charge in [-0.05, 0) is 43.0 Å². The monoisotopic (exact) mass is 310 g/mol. The number of aryl methyl sites for hydroxylation is 1. The van der Waals surface area contributed by atoms with Gasteiger partial charge in [0.2, 0.25) is 0 Å². The molecule has 3 rings (SSSR count). The quantitative estimate of drug-likeness (QED) is 0.675. The first-order valence-corrected chi connectivity index (χ1v) is 7.25. The van der Waals surface area contributed by atoms with E-state index >= 15 is 0 Å². The van der Waals surface area contributed by atoms with Crippen LogP contribution < -0.4 is 0 Å². The Morgan fingerprint density at radius 1 is 1.18 bits per heavy atom. The molecule has 4 nitrogen and oxygen atoms in total. The average Bonchev–Trinajstić information content (AvgIpc) is 2.98. The normalized spacial score (nSPS) is 10.6. The second kappa shape index (κ2) is 6.12. The molecule has 110 valence electrons. The van der Waals surface area contributed by atoms with Gasteiger partial charge in [-0.3, -0.25) is 4.99 Å². The molecule has 1 aromatic heterocycles. The summed E-state index contributed by atoms with van der Waals surface area (Å²) in [7, 11) is 0. The third-order valence-electron chi connectivity index (χ3n) is 3.52. The van der Waals surface area contributed by atoms with E-state index < -0.39 is 0 Å². The van der Waals surface area contributed by atoms with Gasteiger partial charge in [-0.15, -0.1) is 10.2 Å². The van der Waals surface area contributed by atoms with E-state index in [9.17, 15) is 0 Å². The fourth-order valence-electron chi connectivity index (χ4n) is 2.30. The van der Waals surface area contributed by atoms with Crippen LogP contribution in [0, 0.1) is 6.92 Å². The van der Waals surface area contributed by atoms with Gasteiger partial charge in [-0.1, -0.05) is 35.9 Å².